The largest absolute Gasteiger partial charge is 0.388 e. The monoisotopic (exact) mass is 254 g/mol. The van der Waals surface area contributed by atoms with Crippen LogP contribution in [-0.4, -0.2) is 5.11 Å². The Bertz CT molecular complexity index is 584. The number of benzene rings is 2. The van der Waals surface area contributed by atoms with E-state index in [4.69, 9.17) is 0 Å². The summed E-state index contributed by atoms with van der Waals surface area (Å²) >= 11 is 0. The van der Waals surface area contributed by atoms with Gasteiger partial charge < -0.3 is 5.11 Å². The average molecular weight is 254 g/mol. The molecule has 1 heteroatoms. The van der Waals surface area contributed by atoms with Crippen molar-refractivity contribution in [2.45, 2.75) is 40.2 Å². The van der Waals surface area contributed by atoms with E-state index in [1.807, 2.05) is 0 Å². The zero-order valence-electron chi connectivity index (χ0n) is 12.2. The lowest BCUT2D eigenvalue weighted by atomic mass is 9.93. The predicted molar refractivity (Wildman–Crippen MR) is 80.5 cm³/mol. The third-order valence-corrected chi connectivity index (χ3v) is 3.71. The Morgan fingerprint density at radius 2 is 1.42 bits per heavy atom. The quantitative estimate of drug-likeness (QED) is 0.870. The number of hydrogen-bond donors (Lipinski definition) is 1. The first-order valence-corrected chi connectivity index (χ1v) is 6.78. The zero-order valence-corrected chi connectivity index (χ0v) is 12.2. The number of hydrogen-bond acceptors (Lipinski definition) is 1. The molecular weight excluding hydrogens is 232 g/mol. The maximum atomic E-state index is 10.5. The highest BCUT2D eigenvalue weighted by molar-refractivity contribution is 5.36. The Hall–Kier alpha value is -1.60. The van der Waals surface area contributed by atoms with Gasteiger partial charge in [0, 0.05) is 6.42 Å². The molecule has 1 atom stereocenters. The highest BCUT2D eigenvalue weighted by atomic mass is 16.3. The lowest BCUT2D eigenvalue weighted by molar-refractivity contribution is 0.177. The summed E-state index contributed by atoms with van der Waals surface area (Å²) in [5.74, 6) is 0. The Balaban J connectivity index is 2.27. The average Bonchev–Trinajstić information content (AvgIpc) is 2.36. The normalized spacial score (nSPS) is 12.5. The van der Waals surface area contributed by atoms with E-state index in [1.165, 1.54) is 22.3 Å². The zero-order chi connectivity index (χ0) is 14.0. The second-order valence-corrected chi connectivity index (χ2v) is 5.51. The molecule has 0 radical (unpaired) electrons. The molecule has 0 aliphatic rings. The molecule has 0 saturated heterocycles. The van der Waals surface area contributed by atoms with Gasteiger partial charge >= 0.3 is 0 Å². The maximum absolute atomic E-state index is 10.5. The van der Waals surface area contributed by atoms with E-state index in [1.54, 1.807) is 0 Å². The van der Waals surface area contributed by atoms with E-state index in [0.29, 0.717) is 6.42 Å². The van der Waals surface area contributed by atoms with Crippen LogP contribution in [0.25, 0.3) is 0 Å². The van der Waals surface area contributed by atoms with E-state index in [-0.39, 0.29) is 0 Å². The summed E-state index contributed by atoms with van der Waals surface area (Å²) in [6, 6.07) is 12.7. The van der Waals surface area contributed by atoms with Crippen molar-refractivity contribution in [2.75, 3.05) is 0 Å². The molecule has 1 nitrogen and oxygen atoms in total. The van der Waals surface area contributed by atoms with Gasteiger partial charge in [-0.05, 0) is 49.9 Å². The molecule has 0 bridgehead atoms. The third kappa shape index (κ3) is 3.24. The van der Waals surface area contributed by atoms with Crippen LogP contribution < -0.4 is 0 Å². The first-order chi connectivity index (χ1) is 8.97. The Kier molecular flexibility index (Phi) is 4.06. The van der Waals surface area contributed by atoms with Crippen LogP contribution in [0.1, 0.15) is 39.5 Å². The number of rotatable bonds is 3. The van der Waals surface area contributed by atoms with E-state index in [2.05, 4.69) is 64.1 Å². The Morgan fingerprint density at radius 3 is 2.11 bits per heavy atom. The van der Waals surface area contributed by atoms with Crippen molar-refractivity contribution in [1.29, 1.82) is 0 Å². The lowest BCUT2D eigenvalue weighted by Gasteiger charge is -2.16. The molecule has 0 aromatic heterocycles. The summed E-state index contributed by atoms with van der Waals surface area (Å²) in [6.07, 6.45) is 0.248. The number of aliphatic hydroxyl groups excluding tert-OH is 1. The Labute approximate surface area is 115 Å². The molecule has 1 unspecified atom stereocenters. The van der Waals surface area contributed by atoms with Crippen LogP contribution in [0, 0.1) is 27.7 Å². The third-order valence-electron chi connectivity index (χ3n) is 3.71. The fourth-order valence-electron chi connectivity index (χ4n) is 2.46. The molecule has 0 aliphatic heterocycles. The molecule has 19 heavy (non-hydrogen) atoms. The van der Waals surface area contributed by atoms with Crippen LogP contribution in [0.2, 0.25) is 0 Å². The number of aryl methyl sites for hydroxylation is 4. The molecule has 0 aliphatic carbocycles. The van der Waals surface area contributed by atoms with Crippen molar-refractivity contribution >= 4 is 0 Å². The van der Waals surface area contributed by atoms with Crippen molar-refractivity contribution in [2.24, 2.45) is 0 Å². The maximum Gasteiger partial charge on any atom is 0.0833 e. The van der Waals surface area contributed by atoms with Crippen molar-refractivity contribution in [3.05, 3.63) is 69.8 Å². The van der Waals surface area contributed by atoms with Crippen molar-refractivity contribution in [3.63, 3.8) is 0 Å². The predicted octanol–water partition coefficient (Wildman–Crippen LogP) is 4.20. The van der Waals surface area contributed by atoms with E-state index in [0.717, 1.165) is 11.1 Å². The topological polar surface area (TPSA) is 20.2 Å². The first-order valence-electron chi connectivity index (χ1n) is 6.78. The van der Waals surface area contributed by atoms with Crippen LogP contribution >= 0.6 is 0 Å². The van der Waals surface area contributed by atoms with Gasteiger partial charge in [-0.1, -0.05) is 47.5 Å². The molecule has 0 amide bonds. The molecular formula is C18H22O. The van der Waals surface area contributed by atoms with Crippen molar-refractivity contribution < 1.29 is 5.11 Å². The van der Waals surface area contributed by atoms with Crippen LogP contribution in [0.5, 0.6) is 0 Å². The minimum atomic E-state index is -0.430. The first kappa shape index (κ1) is 13.8. The molecule has 100 valence electrons. The summed E-state index contributed by atoms with van der Waals surface area (Å²) in [7, 11) is 0. The minimum Gasteiger partial charge on any atom is -0.388 e. The molecule has 1 N–H and O–H groups in total. The van der Waals surface area contributed by atoms with Gasteiger partial charge in [-0.25, -0.2) is 0 Å². The molecule has 0 fully saturated rings. The molecule has 2 aromatic carbocycles. The van der Waals surface area contributed by atoms with E-state index >= 15 is 0 Å². The SMILES string of the molecule is Cc1ccc(C)c(CC(O)c2cc(C)ccc2C)c1. The van der Waals surface area contributed by atoms with Crippen molar-refractivity contribution in [1.82, 2.24) is 0 Å². The molecule has 2 aromatic rings. The van der Waals surface area contributed by atoms with E-state index in [9.17, 15) is 5.11 Å². The summed E-state index contributed by atoms with van der Waals surface area (Å²) in [4.78, 5) is 0. The molecule has 0 spiro atoms. The van der Waals surface area contributed by atoms with Gasteiger partial charge in [0.25, 0.3) is 0 Å². The van der Waals surface area contributed by atoms with Crippen molar-refractivity contribution in [3.8, 4) is 0 Å². The van der Waals surface area contributed by atoms with E-state index < -0.39 is 6.10 Å². The van der Waals surface area contributed by atoms with Crippen LogP contribution in [-0.2, 0) is 6.42 Å². The highest BCUT2D eigenvalue weighted by Crippen LogP contribution is 2.24. The molecule has 2 rings (SSSR count). The molecule has 0 heterocycles. The second kappa shape index (κ2) is 5.58. The van der Waals surface area contributed by atoms with Gasteiger partial charge in [-0.3, -0.25) is 0 Å². The summed E-state index contributed by atoms with van der Waals surface area (Å²) in [5.41, 5.74) is 7.11. The summed E-state index contributed by atoms with van der Waals surface area (Å²) in [5, 5.41) is 10.5. The van der Waals surface area contributed by atoms with Gasteiger partial charge in [-0.2, -0.15) is 0 Å². The summed E-state index contributed by atoms with van der Waals surface area (Å²) < 4.78 is 0. The standard InChI is InChI=1S/C18H22O/c1-12-5-7-14(3)16(9-12)11-18(19)17-10-13(2)6-8-15(17)4/h5-10,18-19H,11H2,1-4H3. The molecule has 0 saturated carbocycles. The smallest absolute Gasteiger partial charge is 0.0833 e. The van der Waals surface area contributed by atoms with Crippen LogP contribution in [0.4, 0.5) is 0 Å². The minimum absolute atomic E-state index is 0.430. The lowest BCUT2D eigenvalue weighted by Crippen LogP contribution is -2.05. The Morgan fingerprint density at radius 1 is 0.842 bits per heavy atom. The van der Waals surface area contributed by atoms with Crippen LogP contribution in [0.15, 0.2) is 36.4 Å². The highest BCUT2D eigenvalue weighted by Gasteiger charge is 2.12. The summed E-state index contributed by atoms with van der Waals surface area (Å²) in [6.45, 7) is 8.31. The van der Waals surface area contributed by atoms with Crippen LogP contribution in [0.3, 0.4) is 0 Å². The second-order valence-electron chi connectivity index (χ2n) is 5.51. The fraction of sp³-hybridized carbons (Fsp3) is 0.333. The fourth-order valence-corrected chi connectivity index (χ4v) is 2.46. The van der Waals surface area contributed by atoms with Gasteiger partial charge in [0.1, 0.15) is 0 Å². The van der Waals surface area contributed by atoms with Gasteiger partial charge in [-0.15, -0.1) is 0 Å². The van der Waals surface area contributed by atoms with Gasteiger partial charge in [0.05, 0.1) is 6.10 Å². The van der Waals surface area contributed by atoms with Gasteiger partial charge in [0.15, 0.2) is 0 Å². The van der Waals surface area contributed by atoms with Gasteiger partial charge in [0.2, 0.25) is 0 Å². The number of aliphatic hydroxyl groups is 1.